The smallest absolute Gasteiger partial charge is 0.265 e. The summed E-state index contributed by atoms with van der Waals surface area (Å²) < 4.78 is 42.1. The molecule has 6 nitrogen and oxygen atoms in total. The minimum atomic E-state index is -4.18. The summed E-state index contributed by atoms with van der Waals surface area (Å²) in [6.45, 7) is 3.32. The second-order valence-electron chi connectivity index (χ2n) is 7.71. The van der Waals surface area contributed by atoms with E-state index in [0.29, 0.717) is 16.5 Å². The fourth-order valence-corrected chi connectivity index (χ4v) is 5.27. The number of fused-ring (bicyclic) bond motifs is 1. The van der Waals surface area contributed by atoms with Crippen LogP contribution in [-0.4, -0.2) is 25.9 Å². The molecule has 0 saturated carbocycles. The molecule has 0 aliphatic rings. The number of rotatable bonds is 6. The van der Waals surface area contributed by atoms with Crippen molar-refractivity contribution in [3.8, 4) is 0 Å². The molecule has 33 heavy (non-hydrogen) atoms. The van der Waals surface area contributed by atoms with Gasteiger partial charge in [-0.05, 0) is 61.9 Å². The Morgan fingerprint density at radius 3 is 2.52 bits per heavy atom. The van der Waals surface area contributed by atoms with Gasteiger partial charge in [-0.1, -0.05) is 29.8 Å². The van der Waals surface area contributed by atoms with Crippen LogP contribution >= 0.6 is 0 Å². The summed E-state index contributed by atoms with van der Waals surface area (Å²) >= 11 is 0. The van der Waals surface area contributed by atoms with Gasteiger partial charge in [-0.2, -0.15) is 0 Å². The summed E-state index contributed by atoms with van der Waals surface area (Å²) in [7, 11) is -4.18. The topological polar surface area (TPSA) is 79.4 Å². The number of benzene rings is 3. The molecule has 168 valence electrons. The van der Waals surface area contributed by atoms with Crippen LogP contribution in [0.3, 0.4) is 0 Å². The van der Waals surface area contributed by atoms with E-state index >= 15 is 0 Å². The van der Waals surface area contributed by atoms with E-state index in [1.165, 1.54) is 24.4 Å². The molecule has 1 N–H and O–H groups in total. The molecule has 0 spiro atoms. The lowest BCUT2D eigenvalue weighted by molar-refractivity contribution is -0.114. The molecule has 0 fully saturated rings. The number of pyridine rings is 1. The van der Waals surface area contributed by atoms with Crippen LogP contribution in [0.1, 0.15) is 11.1 Å². The zero-order chi connectivity index (χ0) is 23.6. The number of amides is 1. The van der Waals surface area contributed by atoms with E-state index in [4.69, 9.17) is 0 Å². The van der Waals surface area contributed by atoms with E-state index in [-0.39, 0.29) is 10.6 Å². The van der Waals surface area contributed by atoms with Crippen LogP contribution in [0.25, 0.3) is 10.8 Å². The van der Waals surface area contributed by atoms with Crippen LogP contribution in [0.2, 0.25) is 0 Å². The van der Waals surface area contributed by atoms with Gasteiger partial charge in [0.15, 0.2) is 0 Å². The van der Waals surface area contributed by atoms with E-state index in [1.54, 1.807) is 30.5 Å². The first-order valence-corrected chi connectivity index (χ1v) is 11.7. The predicted octanol–water partition coefficient (Wildman–Crippen LogP) is 4.82. The molecule has 8 heteroatoms. The Hall–Kier alpha value is -3.78. The molecular weight excluding hydrogens is 441 g/mol. The van der Waals surface area contributed by atoms with Gasteiger partial charge in [0.1, 0.15) is 12.4 Å². The third-order valence-corrected chi connectivity index (χ3v) is 7.10. The summed E-state index contributed by atoms with van der Waals surface area (Å²) in [6.07, 6.45) is 3.08. The third-order valence-electron chi connectivity index (χ3n) is 5.27. The molecule has 1 amide bonds. The number of hydrogen-bond donors (Lipinski definition) is 1. The maximum Gasteiger partial charge on any atom is 0.265 e. The minimum absolute atomic E-state index is 0.0334. The molecule has 0 bridgehead atoms. The number of aryl methyl sites for hydroxylation is 2. The predicted molar refractivity (Wildman–Crippen MR) is 127 cm³/mol. The Morgan fingerprint density at radius 1 is 1.03 bits per heavy atom. The summed E-state index contributed by atoms with van der Waals surface area (Å²) in [5.41, 5.74) is 2.68. The number of aromatic nitrogens is 1. The van der Waals surface area contributed by atoms with Crippen molar-refractivity contribution in [2.75, 3.05) is 16.2 Å². The number of halogens is 1. The van der Waals surface area contributed by atoms with Crippen molar-refractivity contribution >= 4 is 38.1 Å². The number of carbonyl (C=O) groups excluding carboxylic acids is 1. The van der Waals surface area contributed by atoms with E-state index < -0.39 is 28.3 Å². The highest BCUT2D eigenvalue weighted by Gasteiger charge is 2.29. The van der Waals surface area contributed by atoms with Gasteiger partial charge in [-0.25, -0.2) is 12.8 Å². The standard InChI is InChI=1S/C25H22FN3O3S/c1-17-6-11-23(18(2)14-17)28-25(30)16-29(21-9-7-20(26)8-10-21)33(31,32)24-5-3-4-19-15-27-13-12-22(19)24/h3-15H,16H2,1-2H3,(H,28,30). The van der Waals surface area contributed by atoms with Gasteiger partial charge in [0.05, 0.1) is 10.6 Å². The molecule has 0 atom stereocenters. The van der Waals surface area contributed by atoms with Crippen molar-refractivity contribution in [1.29, 1.82) is 0 Å². The Bertz CT molecular complexity index is 1430. The summed E-state index contributed by atoms with van der Waals surface area (Å²) in [4.78, 5) is 17.0. The van der Waals surface area contributed by atoms with Crippen molar-refractivity contribution in [2.24, 2.45) is 0 Å². The second-order valence-corrected chi connectivity index (χ2v) is 9.54. The van der Waals surface area contributed by atoms with Crippen molar-refractivity contribution in [1.82, 2.24) is 4.98 Å². The fourth-order valence-electron chi connectivity index (χ4n) is 3.63. The molecule has 3 aromatic carbocycles. The average molecular weight is 464 g/mol. The Kier molecular flexibility index (Phi) is 6.11. The van der Waals surface area contributed by atoms with Gasteiger partial charge >= 0.3 is 0 Å². The first kappa shape index (κ1) is 22.4. The van der Waals surface area contributed by atoms with E-state index in [2.05, 4.69) is 10.3 Å². The molecule has 1 aromatic heterocycles. The molecule has 4 rings (SSSR count). The van der Waals surface area contributed by atoms with Crippen LogP contribution < -0.4 is 9.62 Å². The van der Waals surface area contributed by atoms with Crippen LogP contribution in [0, 0.1) is 19.7 Å². The largest absolute Gasteiger partial charge is 0.324 e. The lowest BCUT2D eigenvalue weighted by Gasteiger charge is -2.25. The number of anilines is 2. The Balaban J connectivity index is 1.75. The molecule has 0 aliphatic carbocycles. The normalized spacial score (nSPS) is 11.4. The molecule has 0 aliphatic heterocycles. The molecule has 1 heterocycles. The number of nitrogens with zero attached hydrogens (tertiary/aromatic N) is 2. The minimum Gasteiger partial charge on any atom is -0.324 e. The fraction of sp³-hybridized carbons (Fsp3) is 0.120. The maximum absolute atomic E-state index is 13.8. The van der Waals surface area contributed by atoms with Crippen molar-refractivity contribution in [3.05, 3.63) is 96.1 Å². The maximum atomic E-state index is 13.8. The number of nitrogens with one attached hydrogen (secondary N) is 1. The zero-order valence-electron chi connectivity index (χ0n) is 18.1. The van der Waals surface area contributed by atoms with Gasteiger partial charge in [0, 0.05) is 28.9 Å². The van der Waals surface area contributed by atoms with Crippen LogP contribution in [0.5, 0.6) is 0 Å². The molecule has 0 saturated heterocycles. The zero-order valence-corrected chi connectivity index (χ0v) is 18.9. The van der Waals surface area contributed by atoms with Crippen LogP contribution in [0.15, 0.2) is 84.0 Å². The monoisotopic (exact) mass is 463 g/mol. The van der Waals surface area contributed by atoms with E-state index in [9.17, 15) is 17.6 Å². The number of carbonyl (C=O) groups is 1. The molecule has 0 radical (unpaired) electrons. The first-order valence-electron chi connectivity index (χ1n) is 10.2. The van der Waals surface area contributed by atoms with Gasteiger partial charge < -0.3 is 5.32 Å². The van der Waals surface area contributed by atoms with Gasteiger partial charge in [-0.3, -0.25) is 14.1 Å². The van der Waals surface area contributed by atoms with E-state index in [0.717, 1.165) is 27.6 Å². The third kappa shape index (κ3) is 4.70. The summed E-state index contributed by atoms with van der Waals surface area (Å²) in [6, 6.07) is 17.0. The SMILES string of the molecule is Cc1ccc(NC(=O)CN(c2ccc(F)cc2)S(=O)(=O)c2cccc3cnccc23)c(C)c1. The van der Waals surface area contributed by atoms with E-state index in [1.807, 2.05) is 26.0 Å². The quantitative estimate of drug-likeness (QED) is 0.444. The van der Waals surface area contributed by atoms with Gasteiger partial charge in [0.25, 0.3) is 10.0 Å². The lowest BCUT2D eigenvalue weighted by Crippen LogP contribution is -2.38. The molecule has 0 unspecified atom stereocenters. The highest BCUT2D eigenvalue weighted by molar-refractivity contribution is 7.93. The Morgan fingerprint density at radius 2 is 1.79 bits per heavy atom. The molecule has 4 aromatic rings. The lowest BCUT2D eigenvalue weighted by atomic mass is 10.1. The van der Waals surface area contributed by atoms with Crippen LogP contribution in [-0.2, 0) is 14.8 Å². The van der Waals surface area contributed by atoms with Crippen molar-refractivity contribution in [3.63, 3.8) is 0 Å². The second kappa shape index (κ2) is 8.99. The summed E-state index contributed by atoms with van der Waals surface area (Å²) in [5.74, 6) is -1.02. The molecular formula is C25H22FN3O3S. The van der Waals surface area contributed by atoms with Gasteiger partial charge in [0.2, 0.25) is 5.91 Å². The highest BCUT2D eigenvalue weighted by atomic mass is 32.2. The highest BCUT2D eigenvalue weighted by Crippen LogP contribution is 2.29. The van der Waals surface area contributed by atoms with Crippen molar-refractivity contribution in [2.45, 2.75) is 18.7 Å². The van der Waals surface area contributed by atoms with Crippen molar-refractivity contribution < 1.29 is 17.6 Å². The van der Waals surface area contributed by atoms with Crippen LogP contribution in [0.4, 0.5) is 15.8 Å². The number of hydrogen-bond acceptors (Lipinski definition) is 4. The average Bonchev–Trinajstić information content (AvgIpc) is 2.79. The Labute approximate surface area is 191 Å². The number of sulfonamides is 1. The summed E-state index contributed by atoms with van der Waals surface area (Å²) in [5, 5.41) is 3.91. The first-order chi connectivity index (χ1) is 15.8. The van der Waals surface area contributed by atoms with Gasteiger partial charge in [-0.15, -0.1) is 0 Å².